The van der Waals surface area contributed by atoms with E-state index < -0.39 is 5.91 Å². The van der Waals surface area contributed by atoms with Gasteiger partial charge in [-0.3, -0.25) is 4.79 Å². The SMILES string of the molecule is CC[N+]12CC(C)c3c(Cc4ccccc4)cnc(c31)C(O)=C(C(=O)NC)C2=O. The summed E-state index contributed by atoms with van der Waals surface area (Å²) in [5.41, 5.74) is 4.23. The zero-order valence-corrected chi connectivity index (χ0v) is 16.3. The minimum absolute atomic E-state index is 0.0360. The number of nitrogens with one attached hydrogen (secondary N) is 1. The third-order valence-electron chi connectivity index (χ3n) is 5.98. The van der Waals surface area contributed by atoms with E-state index in [0.717, 1.165) is 16.8 Å². The van der Waals surface area contributed by atoms with Gasteiger partial charge in [-0.25, -0.2) is 14.3 Å². The van der Waals surface area contributed by atoms with Gasteiger partial charge in [-0.1, -0.05) is 37.3 Å². The summed E-state index contributed by atoms with van der Waals surface area (Å²) >= 11 is 0. The smallest absolute Gasteiger partial charge is 0.360 e. The molecule has 0 spiro atoms. The van der Waals surface area contributed by atoms with Gasteiger partial charge in [0.1, 0.15) is 0 Å². The van der Waals surface area contributed by atoms with E-state index in [4.69, 9.17) is 0 Å². The number of benzene rings is 1. The van der Waals surface area contributed by atoms with Crippen molar-refractivity contribution in [3.63, 3.8) is 0 Å². The molecule has 4 rings (SSSR count). The van der Waals surface area contributed by atoms with Gasteiger partial charge in [0.25, 0.3) is 5.91 Å². The number of likely N-dealkylation sites (N-methyl/N-ethyl adjacent to an activating group) is 2. The number of hydrogen-bond donors (Lipinski definition) is 2. The Morgan fingerprint density at radius 3 is 2.68 bits per heavy atom. The van der Waals surface area contributed by atoms with E-state index in [-0.39, 0.29) is 27.6 Å². The second-order valence-corrected chi connectivity index (χ2v) is 7.53. The quantitative estimate of drug-likeness (QED) is 0.633. The molecule has 2 aromatic rings. The molecule has 0 radical (unpaired) electrons. The predicted molar refractivity (Wildman–Crippen MR) is 108 cm³/mol. The largest absolute Gasteiger partial charge is 0.504 e. The average molecular weight is 378 g/mol. The average Bonchev–Trinajstić information content (AvgIpc) is 3.02. The Hall–Kier alpha value is -2.99. The first-order valence-electron chi connectivity index (χ1n) is 9.58. The molecule has 0 saturated heterocycles. The standard InChI is InChI=1S/C22H23N3O3/c1-4-25-12-13(2)16-15(10-14-8-6-5-7-9-14)11-24-18(19(16)25)20(26)17(22(25)28)21(27)23-3/h5-9,11,13H,4,10,12H2,1-3H3,(H-,23,26,27,28)/p+1. The van der Waals surface area contributed by atoms with Crippen LogP contribution in [0.2, 0.25) is 0 Å². The van der Waals surface area contributed by atoms with Crippen molar-refractivity contribution in [1.29, 1.82) is 0 Å². The molecule has 3 heterocycles. The van der Waals surface area contributed by atoms with Crippen LogP contribution in [0.3, 0.4) is 0 Å². The molecule has 2 unspecified atom stereocenters. The highest BCUT2D eigenvalue weighted by molar-refractivity contribution is 6.28. The molecule has 6 nitrogen and oxygen atoms in total. The maximum atomic E-state index is 13.4. The van der Waals surface area contributed by atoms with Gasteiger partial charge in [0, 0.05) is 24.7 Å². The van der Waals surface area contributed by atoms with Crippen molar-refractivity contribution in [2.75, 3.05) is 20.1 Å². The summed E-state index contributed by atoms with van der Waals surface area (Å²) in [5.74, 6) is -1.12. The summed E-state index contributed by atoms with van der Waals surface area (Å²) in [6.45, 7) is 5.12. The summed E-state index contributed by atoms with van der Waals surface area (Å²) in [6, 6.07) is 10.1. The molecule has 0 bridgehead atoms. The molecule has 1 aromatic heterocycles. The normalized spacial score (nSPS) is 23.0. The molecule has 2 N–H and O–H groups in total. The van der Waals surface area contributed by atoms with Crippen LogP contribution < -0.4 is 9.80 Å². The lowest BCUT2D eigenvalue weighted by Gasteiger charge is -2.35. The fraction of sp³-hybridized carbons (Fsp3) is 0.318. The summed E-state index contributed by atoms with van der Waals surface area (Å²) in [7, 11) is 1.45. The Balaban J connectivity index is 1.96. The second kappa shape index (κ2) is 6.56. The van der Waals surface area contributed by atoms with Crippen LogP contribution in [0.25, 0.3) is 5.76 Å². The van der Waals surface area contributed by atoms with Crippen LogP contribution in [-0.4, -0.2) is 42.0 Å². The van der Waals surface area contributed by atoms with Crippen molar-refractivity contribution in [2.45, 2.75) is 26.2 Å². The van der Waals surface area contributed by atoms with Gasteiger partial charge in [0.15, 0.2) is 22.7 Å². The summed E-state index contributed by atoms with van der Waals surface area (Å²) in [5, 5.41) is 13.2. The molecule has 0 fully saturated rings. The fourth-order valence-corrected chi connectivity index (χ4v) is 4.69. The third kappa shape index (κ3) is 2.41. The first-order chi connectivity index (χ1) is 13.4. The minimum atomic E-state index is -0.574. The van der Waals surface area contributed by atoms with Crippen molar-refractivity contribution >= 4 is 23.3 Å². The van der Waals surface area contributed by atoms with E-state index in [1.807, 2.05) is 25.1 Å². The number of aliphatic hydroxyl groups is 1. The fourth-order valence-electron chi connectivity index (χ4n) is 4.69. The predicted octanol–water partition coefficient (Wildman–Crippen LogP) is 2.67. The zero-order valence-electron chi connectivity index (χ0n) is 16.3. The highest BCUT2D eigenvalue weighted by atomic mass is 16.3. The lowest BCUT2D eigenvalue weighted by atomic mass is 9.92. The maximum absolute atomic E-state index is 13.4. The van der Waals surface area contributed by atoms with Gasteiger partial charge >= 0.3 is 5.91 Å². The van der Waals surface area contributed by atoms with Gasteiger partial charge in [-0.15, -0.1) is 0 Å². The van der Waals surface area contributed by atoms with Crippen LogP contribution in [0, 0.1) is 0 Å². The van der Waals surface area contributed by atoms with Crippen molar-refractivity contribution in [1.82, 2.24) is 14.8 Å². The number of hydrogen-bond acceptors (Lipinski definition) is 4. The molecule has 0 aliphatic carbocycles. The minimum Gasteiger partial charge on any atom is -0.504 e. The third-order valence-corrected chi connectivity index (χ3v) is 5.98. The molecule has 144 valence electrons. The highest BCUT2D eigenvalue weighted by Crippen LogP contribution is 2.50. The van der Waals surface area contributed by atoms with E-state index in [0.29, 0.717) is 25.2 Å². The summed E-state index contributed by atoms with van der Waals surface area (Å²) in [6.07, 6.45) is 2.49. The van der Waals surface area contributed by atoms with Crippen LogP contribution >= 0.6 is 0 Å². The topological polar surface area (TPSA) is 79.3 Å². The molecule has 2 aliphatic rings. The number of quaternary nitrogens is 1. The van der Waals surface area contributed by atoms with Gasteiger partial charge in [-0.2, -0.15) is 0 Å². The monoisotopic (exact) mass is 378 g/mol. The molecule has 2 atom stereocenters. The number of pyridine rings is 1. The Morgan fingerprint density at radius 1 is 1.32 bits per heavy atom. The second-order valence-electron chi connectivity index (χ2n) is 7.53. The molecule has 2 amide bonds. The molecular formula is C22H24N3O3+. The van der Waals surface area contributed by atoms with E-state index >= 15 is 0 Å². The van der Waals surface area contributed by atoms with Crippen LogP contribution in [0.5, 0.6) is 0 Å². The van der Waals surface area contributed by atoms with Crippen LogP contribution in [0.1, 0.15) is 42.1 Å². The van der Waals surface area contributed by atoms with Gasteiger partial charge in [0.2, 0.25) is 0 Å². The molecular weight excluding hydrogens is 354 g/mol. The Labute approximate surface area is 164 Å². The molecule has 2 aliphatic heterocycles. The van der Waals surface area contributed by atoms with Crippen LogP contribution in [0.15, 0.2) is 42.1 Å². The van der Waals surface area contributed by atoms with Crippen molar-refractivity contribution in [3.05, 3.63) is 64.5 Å². The molecule has 1 aromatic carbocycles. The number of rotatable bonds is 4. The highest BCUT2D eigenvalue weighted by Gasteiger charge is 2.56. The molecule has 0 saturated carbocycles. The number of aliphatic hydroxyl groups excluding tert-OH is 1. The summed E-state index contributed by atoms with van der Waals surface area (Å²) in [4.78, 5) is 30.3. The number of carbonyl (C=O) groups is 2. The number of aromatic nitrogens is 1. The van der Waals surface area contributed by atoms with Crippen LogP contribution in [-0.2, 0) is 16.0 Å². The van der Waals surface area contributed by atoms with E-state index in [1.54, 1.807) is 6.20 Å². The number of amides is 2. The number of nitrogens with zero attached hydrogens (tertiary/aromatic N) is 2. The molecule has 6 heteroatoms. The van der Waals surface area contributed by atoms with Gasteiger partial charge in [0.05, 0.1) is 13.1 Å². The van der Waals surface area contributed by atoms with Crippen molar-refractivity contribution < 1.29 is 14.7 Å². The lowest BCUT2D eigenvalue weighted by Crippen LogP contribution is -2.57. The summed E-state index contributed by atoms with van der Waals surface area (Å²) < 4.78 is 0.0360. The lowest BCUT2D eigenvalue weighted by molar-refractivity contribution is -0.129. The van der Waals surface area contributed by atoms with Gasteiger partial charge < -0.3 is 10.4 Å². The van der Waals surface area contributed by atoms with Crippen molar-refractivity contribution in [2.24, 2.45) is 0 Å². The Morgan fingerprint density at radius 2 is 2.04 bits per heavy atom. The first kappa shape index (κ1) is 18.4. The maximum Gasteiger partial charge on any atom is 0.360 e. The van der Waals surface area contributed by atoms with Crippen LogP contribution in [0.4, 0.5) is 5.69 Å². The molecule has 28 heavy (non-hydrogen) atoms. The van der Waals surface area contributed by atoms with E-state index in [1.165, 1.54) is 12.6 Å². The first-order valence-corrected chi connectivity index (χ1v) is 9.58. The Kier molecular flexibility index (Phi) is 4.31. The van der Waals surface area contributed by atoms with E-state index in [2.05, 4.69) is 29.4 Å². The van der Waals surface area contributed by atoms with Gasteiger partial charge in [-0.05, 0) is 24.5 Å². The zero-order chi connectivity index (χ0) is 20.1. The van der Waals surface area contributed by atoms with E-state index in [9.17, 15) is 14.7 Å². The Bertz CT molecular complexity index is 1010. The van der Waals surface area contributed by atoms with Crippen molar-refractivity contribution in [3.8, 4) is 0 Å². The number of carbonyl (C=O) groups excluding carboxylic acids is 2.